The lowest BCUT2D eigenvalue weighted by atomic mass is 9.92. The third kappa shape index (κ3) is 1.33. The van der Waals surface area contributed by atoms with Gasteiger partial charge in [0.2, 0.25) is 0 Å². The minimum atomic E-state index is -0.957. The third-order valence-corrected chi connectivity index (χ3v) is 3.02. The van der Waals surface area contributed by atoms with E-state index in [1.165, 1.54) is 0 Å². The first-order chi connectivity index (χ1) is 7.09. The van der Waals surface area contributed by atoms with Crippen LogP contribution < -0.4 is 5.32 Å². The van der Waals surface area contributed by atoms with Crippen molar-refractivity contribution in [2.45, 2.75) is 25.3 Å². The molecule has 0 aliphatic carbocycles. The summed E-state index contributed by atoms with van der Waals surface area (Å²) in [6.07, 6.45) is 0.817. The van der Waals surface area contributed by atoms with Crippen LogP contribution in [0.15, 0.2) is 18.2 Å². The van der Waals surface area contributed by atoms with Gasteiger partial charge in [-0.1, -0.05) is 13.0 Å². The summed E-state index contributed by atoms with van der Waals surface area (Å²) < 4.78 is 0. The van der Waals surface area contributed by atoms with Gasteiger partial charge in [-0.3, -0.25) is 0 Å². The van der Waals surface area contributed by atoms with E-state index in [2.05, 4.69) is 5.32 Å². The highest BCUT2D eigenvalue weighted by molar-refractivity contribution is 5.87. The highest BCUT2D eigenvalue weighted by Crippen LogP contribution is 2.39. The van der Waals surface area contributed by atoms with E-state index in [0.29, 0.717) is 18.4 Å². The van der Waals surface area contributed by atoms with Crippen LogP contribution in [0, 0.1) is 0 Å². The fourth-order valence-corrected chi connectivity index (χ4v) is 1.97. The number of hydrogen-bond acceptors (Lipinski definition) is 3. The average Bonchev–Trinajstić information content (AvgIpc) is 2.59. The topological polar surface area (TPSA) is 69.6 Å². The highest BCUT2D eigenvalue weighted by atomic mass is 16.4. The third-order valence-electron chi connectivity index (χ3n) is 3.02. The molecule has 0 saturated heterocycles. The summed E-state index contributed by atoms with van der Waals surface area (Å²) in [7, 11) is 0. The lowest BCUT2D eigenvalue weighted by Gasteiger charge is -2.22. The predicted octanol–water partition coefficient (Wildman–Crippen LogP) is 1.59. The van der Waals surface area contributed by atoms with E-state index in [4.69, 9.17) is 0 Å². The van der Waals surface area contributed by atoms with Crippen LogP contribution >= 0.6 is 0 Å². The molecule has 2 rings (SSSR count). The van der Waals surface area contributed by atoms with Crippen LogP contribution in [0.3, 0.4) is 0 Å². The second-order valence-electron chi connectivity index (χ2n) is 3.85. The molecule has 0 amide bonds. The second kappa shape index (κ2) is 3.15. The van der Waals surface area contributed by atoms with E-state index in [1.807, 2.05) is 6.92 Å². The summed E-state index contributed by atoms with van der Waals surface area (Å²) in [5.74, 6) is -0.711. The molecule has 1 aromatic carbocycles. The molecule has 1 aromatic rings. The Labute approximate surface area is 87.6 Å². The Morgan fingerprint density at radius 2 is 2.33 bits per heavy atom. The smallest absolute Gasteiger partial charge is 0.329 e. The summed E-state index contributed by atoms with van der Waals surface area (Å²) in [4.78, 5) is 11.2. The Hall–Kier alpha value is -1.71. The number of phenols is 1. The predicted molar refractivity (Wildman–Crippen MR) is 56.1 cm³/mol. The van der Waals surface area contributed by atoms with Crippen LogP contribution in [-0.2, 0) is 11.2 Å². The molecule has 1 atom stereocenters. The van der Waals surface area contributed by atoms with Gasteiger partial charge in [0.1, 0.15) is 11.3 Å². The number of anilines is 1. The second-order valence-corrected chi connectivity index (χ2v) is 3.85. The monoisotopic (exact) mass is 207 g/mol. The first kappa shape index (κ1) is 9.83. The number of benzene rings is 1. The molecule has 80 valence electrons. The molecule has 1 unspecified atom stereocenters. The molecule has 3 N–H and O–H groups in total. The van der Waals surface area contributed by atoms with Gasteiger partial charge in [0.25, 0.3) is 0 Å². The average molecular weight is 207 g/mol. The number of rotatable bonds is 2. The number of carboxylic acids is 1. The maximum Gasteiger partial charge on any atom is 0.329 e. The standard InChI is InChI=1S/C11H13NO3/c1-2-11(10(14)15)6-7-8(12-11)4-3-5-9(7)13/h3-5,12-13H,2,6H2,1H3,(H,14,15). The molecule has 0 aromatic heterocycles. The minimum Gasteiger partial charge on any atom is -0.508 e. The van der Waals surface area contributed by atoms with Gasteiger partial charge in [-0.15, -0.1) is 0 Å². The SMILES string of the molecule is CCC1(C(=O)O)Cc2c(O)cccc2N1. The van der Waals surface area contributed by atoms with Crippen LogP contribution in [-0.4, -0.2) is 21.7 Å². The zero-order valence-corrected chi connectivity index (χ0v) is 8.45. The molecule has 1 aliphatic rings. The molecule has 0 bridgehead atoms. The molecule has 4 heteroatoms. The first-order valence-corrected chi connectivity index (χ1v) is 4.91. The van der Waals surface area contributed by atoms with Gasteiger partial charge >= 0.3 is 5.97 Å². The van der Waals surface area contributed by atoms with Gasteiger partial charge in [-0.2, -0.15) is 0 Å². The van der Waals surface area contributed by atoms with Gasteiger partial charge in [-0.25, -0.2) is 4.79 Å². The van der Waals surface area contributed by atoms with Crippen molar-refractivity contribution in [1.29, 1.82) is 0 Å². The van der Waals surface area contributed by atoms with Crippen LogP contribution in [0.4, 0.5) is 5.69 Å². The maximum atomic E-state index is 11.2. The molecular weight excluding hydrogens is 194 g/mol. The van der Waals surface area contributed by atoms with Crippen molar-refractivity contribution >= 4 is 11.7 Å². The van der Waals surface area contributed by atoms with Crippen molar-refractivity contribution in [3.63, 3.8) is 0 Å². The zero-order valence-electron chi connectivity index (χ0n) is 8.45. The quantitative estimate of drug-likeness (QED) is 0.688. The molecule has 15 heavy (non-hydrogen) atoms. The largest absolute Gasteiger partial charge is 0.508 e. The van der Waals surface area contributed by atoms with Crippen LogP contribution in [0.2, 0.25) is 0 Å². The number of aromatic hydroxyl groups is 1. The van der Waals surface area contributed by atoms with Crippen molar-refractivity contribution in [3.05, 3.63) is 23.8 Å². The number of nitrogens with one attached hydrogen (secondary N) is 1. The molecule has 4 nitrogen and oxygen atoms in total. The normalized spacial score (nSPS) is 23.3. The van der Waals surface area contributed by atoms with Crippen LogP contribution in [0.1, 0.15) is 18.9 Å². The number of aliphatic carboxylic acids is 1. The van der Waals surface area contributed by atoms with Gasteiger partial charge < -0.3 is 15.5 Å². The summed E-state index contributed by atoms with van der Waals surface area (Å²) in [5.41, 5.74) is 0.460. The van der Waals surface area contributed by atoms with E-state index < -0.39 is 11.5 Å². The summed E-state index contributed by atoms with van der Waals surface area (Å²) >= 11 is 0. The molecule has 0 fully saturated rings. The van der Waals surface area contributed by atoms with Gasteiger partial charge in [0.05, 0.1) is 0 Å². The van der Waals surface area contributed by atoms with Gasteiger partial charge in [0.15, 0.2) is 0 Å². The van der Waals surface area contributed by atoms with E-state index >= 15 is 0 Å². The Kier molecular flexibility index (Phi) is 2.07. The van der Waals surface area contributed by atoms with Crippen molar-refractivity contribution in [2.24, 2.45) is 0 Å². The lowest BCUT2D eigenvalue weighted by molar-refractivity contribution is -0.142. The van der Waals surface area contributed by atoms with Crippen molar-refractivity contribution in [2.75, 3.05) is 5.32 Å². The first-order valence-electron chi connectivity index (χ1n) is 4.91. The van der Waals surface area contributed by atoms with Crippen molar-refractivity contribution < 1.29 is 15.0 Å². The fraction of sp³-hybridized carbons (Fsp3) is 0.364. The number of hydrogen-bond donors (Lipinski definition) is 3. The summed E-state index contributed by atoms with van der Waals surface area (Å²) in [6, 6.07) is 5.07. The lowest BCUT2D eigenvalue weighted by Crippen LogP contribution is -2.44. The number of phenolic OH excluding ortho intramolecular Hbond substituents is 1. The molecule has 0 radical (unpaired) electrons. The summed E-state index contributed by atoms with van der Waals surface area (Å²) in [6.45, 7) is 1.82. The van der Waals surface area contributed by atoms with Crippen LogP contribution in [0.5, 0.6) is 5.75 Å². The van der Waals surface area contributed by atoms with Gasteiger partial charge in [0, 0.05) is 17.7 Å². The van der Waals surface area contributed by atoms with Gasteiger partial charge in [-0.05, 0) is 18.6 Å². The number of carboxylic acid groups (broad SMARTS) is 1. The fourth-order valence-electron chi connectivity index (χ4n) is 1.97. The highest BCUT2D eigenvalue weighted by Gasteiger charge is 2.43. The Bertz CT molecular complexity index is 416. The molecular formula is C11H13NO3. The van der Waals surface area contributed by atoms with Crippen LogP contribution in [0.25, 0.3) is 0 Å². The van der Waals surface area contributed by atoms with E-state index in [0.717, 1.165) is 5.69 Å². The molecule has 0 spiro atoms. The Morgan fingerprint density at radius 3 is 2.87 bits per heavy atom. The molecule has 1 heterocycles. The minimum absolute atomic E-state index is 0.163. The number of fused-ring (bicyclic) bond motifs is 1. The van der Waals surface area contributed by atoms with Crippen molar-refractivity contribution in [1.82, 2.24) is 0 Å². The number of carbonyl (C=O) groups is 1. The summed E-state index contributed by atoms with van der Waals surface area (Å²) in [5, 5.41) is 21.8. The van der Waals surface area contributed by atoms with E-state index in [-0.39, 0.29) is 5.75 Å². The van der Waals surface area contributed by atoms with E-state index in [9.17, 15) is 15.0 Å². The maximum absolute atomic E-state index is 11.2. The van der Waals surface area contributed by atoms with E-state index in [1.54, 1.807) is 18.2 Å². The molecule has 1 aliphatic heterocycles. The molecule has 0 saturated carbocycles. The Morgan fingerprint density at radius 1 is 1.60 bits per heavy atom. The van der Waals surface area contributed by atoms with Crippen molar-refractivity contribution in [3.8, 4) is 5.75 Å². The zero-order chi connectivity index (χ0) is 11.1. The Balaban J connectivity index is 2.44.